The number of nitrogens with two attached hydrogens (primary N) is 1. The molecular formula is C24H20ClN5O2S. The lowest BCUT2D eigenvalue weighted by Gasteiger charge is -2.16. The molecule has 0 saturated carbocycles. The third-order valence-electron chi connectivity index (χ3n) is 5.38. The number of carbonyl (C=O) groups is 1. The van der Waals surface area contributed by atoms with E-state index in [1.165, 1.54) is 11.3 Å². The minimum absolute atomic E-state index is 0.345. The van der Waals surface area contributed by atoms with Crippen LogP contribution in [-0.2, 0) is 7.05 Å². The molecule has 0 aliphatic carbocycles. The second-order valence-electron chi connectivity index (χ2n) is 7.64. The number of hydrogen-bond donors (Lipinski definition) is 1. The highest BCUT2D eigenvalue weighted by Gasteiger charge is 2.21. The zero-order valence-corrected chi connectivity index (χ0v) is 19.5. The van der Waals surface area contributed by atoms with Crippen LogP contribution >= 0.6 is 22.9 Å². The van der Waals surface area contributed by atoms with Gasteiger partial charge in [-0.3, -0.25) is 14.0 Å². The molecule has 7 nitrogen and oxygen atoms in total. The van der Waals surface area contributed by atoms with Crippen LogP contribution in [0, 0.1) is 0 Å². The molecule has 3 aromatic heterocycles. The van der Waals surface area contributed by atoms with Crippen molar-refractivity contribution in [2.75, 3.05) is 0 Å². The van der Waals surface area contributed by atoms with Crippen LogP contribution < -0.4 is 10.5 Å². The average Bonchev–Trinajstić information content (AvgIpc) is 3.51. The van der Waals surface area contributed by atoms with Crippen molar-refractivity contribution >= 4 is 39.9 Å². The van der Waals surface area contributed by atoms with Crippen molar-refractivity contribution in [1.29, 1.82) is 0 Å². The first-order chi connectivity index (χ1) is 15.9. The summed E-state index contributed by atoms with van der Waals surface area (Å²) in [5, 5.41) is 5.61. The quantitative estimate of drug-likeness (QED) is 0.355. The fraction of sp³-hybridized carbons (Fsp3) is 0.125. The molecule has 0 aliphatic heterocycles. The Morgan fingerprint density at radius 3 is 2.73 bits per heavy atom. The monoisotopic (exact) mass is 477 g/mol. The van der Waals surface area contributed by atoms with Crippen molar-refractivity contribution in [2.24, 2.45) is 12.8 Å². The van der Waals surface area contributed by atoms with Gasteiger partial charge >= 0.3 is 0 Å². The predicted molar refractivity (Wildman–Crippen MR) is 130 cm³/mol. The highest BCUT2D eigenvalue weighted by molar-refractivity contribution is 7.16. The summed E-state index contributed by atoms with van der Waals surface area (Å²) >= 11 is 7.57. The van der Waals surface area contributed by atoms with Gasteiger partial charge in [-0.15, -0.1) is 11.3 Å². The number of primary amides is 1. The first-order valence-electron chi connectivity index (χ1n) is 10.2. The normalized spacial score (nSPS) is 12.2. The molecule has 0 bridgehead atoms. The minimum Gasteiger partial charge on any atom is -0.484 e. The molecule has 0 radical (unpaired) electrons. The summed E-state index contributed by atoms with van der Waals surface area (Å²) < 4.78 is 9.81. The van der Waals surface area contributed by atoms with Crippen LogP contribution in [0.1, 0.15) is 28.3 Å². The summed E-state index contributed by atoms with van der Waals surface area (Å²) in [6.45, 7) is 1.88. The number of aryl methyl sites for hydroxylation is 1. The van der Waals surface area contributed by atoms with Gasteiger partial charge in [0, 0.05) is 35.5 Å². The Kier molecular flexibility index (Phi) is 5.39. The Morgan fingerprint density at radius 1 is 1.18 bits per heavy atom. The molecule has 166 valence electrons. The fourth-order valence-corrected chi connectivity index (χ4v) is 4.95. The topological polar surface area (TPSA) is 88.0 Å². The number of aromatic nitrogens is 4. The predicted octanol–water partition coefficient (Wildman–Crippen LogP) is 5.38. The number of imidazole rings is 1. The summed E-state index contributed by atoms with van der Waals surface area (Å²) in [4.78, 5) is 17.1. The van der Waals surface area contributed by atoms with Gasteiger partial charge in [-0.05, 0) is 30.7 Å². The van der Waals surface area contributed by atoms with Crippen LogP contribution in [0.15, 0.2) is 67.3 Å². The van der Waals surface area contributed by atoms with Gasteiger partial charge in [0.15, 0.2) is 0 Å². The molecule has 3 heterocycles. The van der Waals surface area contributed by atoms with E-state index in [4.69, 9.17) is 22.1 Å². The molecular weight excluding hydrogens is 458 g/mol. The van der Waals surface area contributed by atoms with Gasteiger partial charge in [0.2, 0.25) is 0 Å². The molecule has 2 N–H and O–H groups in total. The summed E-state index contributed by atoms with van der Waals surface area (Å²) in [5.41, 5.74) is 10.3. The average molecular weight is 478 g/mol. The standard InChI is InChI=1S/C24H20ClN5O2S/c1-14(17-5-3-4-6-18(17)25)32-21-10-22(33-23(21)24(26)31)30-13-27-19-9-15(7-8-20(19)30)16-11-28-29(2)12-16/h3-14H,1-2H3,(H2,26,31). The number of carbonyl (C=O) groups excluding carboxylic acids is 1. The Hall–Kier alpha value is -3.62. The number of nitrogens with zero attached hydrogens (tertiary/aromatic N) is 4. The van der Waals surface area contributed by atoms with E-state index in [0.29, 0.717) is 15.6 Å². The largest absolute Gasteiger partial charge is 0.484 e. The molecule has 0 spiro atoms. The summed E-state index contributed by atoms with van der Waals surface area (Å²) in [7, 11) is 1.89. The number of thiophene rings is 1. The van der Waals surface area contributed by atoms with E-state index in [9.17, 15) is 4.79 Å². The highest BCUT2D eigenvalue weighted by atomic mass is 35.5. The van der Waals surface area contributed by atoms with E-state index < -0.39 is 5.91 Å². The van der Waals surface area contributed by atoms with Gasteiger partial charge in [0.25, 0.3) is 5.91 Å². The first-order valence-corrected chi connectivity index (χ1v) is 11.4. The lowest BCUT2D eigenvalue weighted by atomic mass is 10.1. The van der Waals surface area contributed by atoms with Gasteiger partial charge in [-0.25, -0.2) is 4.98 Å². The molecule has 0 saturated heterocycles. The van der Waals surface area contributed by atoms with Gasteiger partial charge in [0.05, 0.1) is 17.2 Å². The molecule has 5 aromatic rings. The molecule has 9 heteroatoms. The number of amides is 1. The Morgan fingerprint density at radius 2 is 2.00 bits per heavy atom. The lowest BCUT2D eigenvalue weighted by Crippen LogP contribution is -2.12. The number of fused-ring (bicyclic) bond motifs is 1. The van der Waals surface area contributed by atoms with E-state index >= 15 is 0 Å². The van der Waals surface area contributed by atoms with Crippen molar-refractivity contribution < 1.29 is 9.53 Å². The van der Waals surface area contributed by atoms with Crippen molar-refractivity contribution in [1.82, 2.24) is 19.3 Å². The van der Waals surface area contributed by atoms with E-state index in [2.05, 4.69) is 10.1 Å². The van der Waals surface area contributed by atoms with Crippen molar-refractivity contribution in [3.05, 3.63) is 82.7 Å². The van der Waals surface area contributed by atoms with E-state index in [1.54, 1.807) is 11.0 Å². The third-order valence-corrected chi connectivity index (χ3v) is 6.85. The van der Waals surface area contributed by atoms with Crippen LogP contribution in [0.5, 0.6) is 5.75 Å². The molecule has 5 rings (SSSR count). The van der Waals surface area contributed by atoms with Crippen LogP contribution in [0.4, 0.5) is 0 Å². The molecule has 0 fully saturated rings. The SMILES string of the molecule is CC(Oc1cc(-n2cnc3cc(-c4cnn(C)c4)ccc32)sc1C(N)=O)c1ccccc1Cl. The number of benzene rings is 2. The Labute approximate surface area is 199 Å². The molecule has 0 aliphatic rings. The van der Waals surface area contributed by atoms with E-state index in [1.807, 2.05) is 79.5 Å². The zero-order valence-electron chi connectivity index (χ0n) is 17.9. The zero-order chi connectivity index (χ0) is 23.1. The Balaban J connectivity index is 1.51. The Bertz CT molecular complexity index is 1490. The highest BCUT2D eigenvalue weighted by Crippen LogP contribution is 2.37. The molecule has 1 atom stereocenters. The maximum Gasteiger partial charge on any atom is 0.262 e. The van der Waals surface area contributed by atoms with Crippen molar-refractivity contribution in [3.63, 3.8) is 0 Å². The van der Waals surface area contributed by atoms with Gasteiger partial charge in [0.1, 0.15) is 28.1 Å². The smallest absolute Gasteiger partial charge is 0.262 e. The fourth-order valence-electron chi connectivity index (χ4n) is 3.74. The number of rotatable bonds is 6. The van der Waals surface area contributed by atoms with Gasteiger partial charge < -0.3 is 10.5 Å². The minimum atomic E-state index is -0.545. The second kappa shape index (κ2) is 8.38. The third kappa shape index (κ3) is 3.99. The number of halogens is 1. The van der Waals surface area contributed by atoms with E-state index in [0.717, 1.165) is 32.7 Å². The van der Waals surface area contributed by atoms with Crippen LogP contribution in [0.2, 0.25) is 5.02 Å². The summed E-state index contributed by atoms with van der Waals surface area (Å²) in [6, 6.07) is 15.3. The second-order valence-corrected chi connectivity index (χ2v) is 9.08. The van der Waals surface area contributed by atoms with Crippen LogP contribution in [0.3, 0.4) is 0 Å². The molecule has 33 heavy (non-hydrogen) atoms. The van der Waals surface area contributed by atoms with E-state index in [-0.39, 0.29) is 6.10 Å². The van der Waals surface area contributed by atoms with Crippen molar-refractivity contribution in [2.45, 2.75) is 13.0 Å². The van der Waals surface area contributed by atoms with Gasteiger partial charge in [-0.1, -0.05) is 35.9 Å². The first kappa shape index (κ1) is 21.2. The van der Waals surface area contributed by atoms with Crippen molar-refractivity contribution in [3.8, 4) is 21.9 Å². The molecule has 1 unspecified atom stereocenters. The number of ether oxygens (including phenoxy) is 1. The summed E-state index contributed by atoms with van der Waals surface area (Å²) in [5.74, 6) is -0.125. The lowest BCUT2D eigenvalue weighted by molar-refractivity contribution is 0.0998. The molecule has 2 aromatic carbocycles. The number of hydrogen-bond acceptors (Lipinski definition) is 5. The maximum atomic E-state index is 12.2. The molecule has 1 amide bonds. The van der Waals surface area contributed by atoms with Crippen LogP contribution in [-0.4, -0.2) is 25.2 Å². The maximum absolute atomic E-state index is 12.2. The van der Waals surface area contributed by atoms with Gasteiger partial charge in [-0.2, -0.15) is 5.10 Å². The van der Waals surface area contributed by atoms with Crippen LogP contribution in [0.25, 0.3) is 27.2 Å². The summed E-state index contributed by atoms with van der Waals surface area (Å²) in [6.07, 6.45) is 5.15.